The van der Waals surface area contributed by atoms with Gasteiger partial charge in [-0.3, -0.25) is 9.48 Å². The van der Waals surface area contributed by atoms with Crippen LogP contribution < -0.4 is 0 Å². The van der Waals surface area contributed by atoms with Crippen LogP contribution in [0, 0.1) is 13.8 Å². The van der Waals surface area contributed by atoms with Crippen molar-refractivity contribution in [2.24, 2.45) is 0 Å². The lowest BCUT2D eigenvalue weighted by Gasteiger charge is -2.37. The number of carbonyl (C=O) groups excluding carboxylic acids is 1. The summed E-state index contributed by atoms with van der Waals surface area (Å²) in [7, 11) is 0. The Morgan fingerprint density at radius 2 is 1.92 bits per heavy atom. The van der Waals surface area contributed by atoms with Crippen LogP contribution in [0.1, 0.15) is 69.3 Å². The number of aromatic nitrogens is 2. The van der Waals surface area contributed by atoms with E-state index in [4.69, 9.17) is 0 Å². The quantitative estimate of drug-likeness (QED) is 0.793. The van der Waals surface area contributed by atoms with E-state index in [9.17, 15) is 4.79 Å². The summed E-state index contributed by atoms with van der Waals surface area (Å²) in [6.07, 6.45) is 7.97. The van der Waals surface area contributed by atoms with E-state index in [0.29, 0.717) is 18.4 Å². The molecule has 3 rings (SSSR count). The molecule has 140 valence electrons. The molecule has 0 aromatic carbocycles. The summed E-state index contributed by atoms with van der Waals surface area (Å²) in [4.78, 5) is 17.7. The zero-order chi connectivity index (χ0) is 17.8. The summed E-state index contributed by atoms with van der Waals surface area (Å²) in [5.41, 5.74) is 2.17. The summed E-state index contributed by atoms with van der Waals surface area (Å²) in [5, 5.41) is 4.56. The molecule has 1 aromatic heterocycles. The average Bonchev–Trinajstić information content (AvgIpc) is 3.22. The third-order valence-corrected chi connectivity index (χ3v) is 5.86. The van der Waals surface area contributed by atoms with Gasteiger partial charge < -0.3 is 9.80 Å². The van der Waals surface area contributed by atoms with Gasteiger partial charge in [0.25, 0.3) is 0 Å². The lowest BCUT2D eigenvalue weighted by Crippen LogP contribution is -2.45. The Morgan fingerprint density at radius 3 is 2.60 bits per heavy atom. The minimum absolute atomic E-state index is 0.127. The maximum Gasteiger partial charge on any atom is 0.224 e. The van der Waals surface area contributed by atoms with E-state index in [1.54, 1.807) is 0 Å². The number of aryl methyl sites for hydroxylation is 2. The van der Waals surface area contributed by atoms with Crippen LogP contribution in [-0.2, 0) is 4.79 Å². The lowest BCUT2D eigenvalue weighted by atomic mass is 9.98. The topological polar surface area (TPSA) is 41.4 Å². The Morgan fingerprint density at radius 1 is 1.20 bits per heavy atom. The van der Waals surface area contributed by atoms with Gasteiger partial charge in [-0.05, 0) is 78.5 Å². The van der Waals surface area contributed by atoms with E-state index in [0.717, 1.165) is 37.3 Å². The Bertz CT molecular complexity index is 576. The van der Waals surface area contributed by atoms with Crippen molar-refractivity contribution in [1.29, 1.82) is 0 Å². The normalized spacial score (nSPS) is 23.2. The molecule has 0 unspecified atom stereocenters. The van der Waals surface area contributed by atoms with E-state index in [-0.39, 0.29) is 6.04 Å². The first-order valence-electron chi connectivity index (χ1n) is 10.1. The highest BCUT2D eigenvalue weighted by Crippen LogP contribution is 2.24. The minimum Gasteiger partial charge on any atom is -0.340 e. The molecule has 0 saturated carbocycles. The van der Waals surface area contributed by atoms with Gasteiger partial charge in [0.05, 0.1) is 11.7 Å². The van der Waals surface area contributed by atoms with Gasteiger partial charge in [0, 0.05) is 31.2 Å². The predicted molar refractivity (Wildman–Crippen MR) is 101 cm³/mol. The largest absolute Gasteiger partial charge is 0.340 e. The summed E-state index contributed by atoms with van der Waals surface area (Å²) in [5.74, 6) is 0.311. The van der Waals surface area contributed by atoms with Crippen LogP contribution in [-0.4, -0.2) is 57.7 Å². The summed E-state index contributed by atoms with van der Waals surface area (Å²) in [6.45, 7) is 10.8. The van der Waals surface area contributed by atoms with Crippen molar-refractivity contribution in [3.05, 3.63) is 17.5 Å². The highest BCUT2D eigenvalue weighted by molar-refractivity contribution is 5.77. The molecule has 2 fully saturated rings. The number of nitrogens with zero attached hydrogens (tertiary/aromatic N) is 4. The number of rotatable bonds is 6. The third-order valence-electron chi connectivity index (χ3n) is 5.86. The van der Waals surface area contributed by atoms with E-state index in [2.05, 4.69) is 34.8 Å². The van der Waals surface area contributed by atoms with Crippen molar-refractivity contribution in [2.75, 3.05) is 26.2 Å². The fourth-order valence-corrected chi connectivity index (χ4v) is 4.52. The number of piperidine rings is 1. The average molecular weight is 347 g/mol. The van der Waals surface area contributed by atoms with Gasteiger partial charge in [-0.25, -0.2) is 0 Å². The van der Waals surface area contributed by atoms with Gasteiger partial charge in [0.2, 0.25) is 5.91 Å². The molecular weight excluding hydrogens is 312 g/mol. The molecule has 5 nitrogen and oxygen atoms in total. The zero-order valence-corrected chi connectivity index (χ0v) is 16.2. The highest BCUT2D eigenvalue weighted by Gasteiger charge is 2.28. The molecule has 2 saturated heterocycles. The molecule has 1 aromatic rings. The van der Waals surface area contributed by atoms with E-state index in [1.165, 1.54) is 38.8 Å². The van der Waals surface area contributed by atoms with Crippen LogP contribution in [0.4, 0.5) is 0 Å². The SMILES string of the molecule is Cc1cc(C)n([C@H](C)CC(=O)N2CCCC[C@H]2CCN2CCCC2)n1. The fourth-order valence-electron chi connectivity index (χ4n) is 4.52. The van der Waals surface area contributed by atoms with Crippen molar-refractivity contribution in [1.82, 2.24) is 19.6 Å². The Labute approximate surface area is 152 Å². The molecule has 0 N–H and O–H groups in total. The fraction of sp³-hybridized carbons (Fsp3) is 0.800. The predicted octanol–water partition coefficient (Wildman–Crippen LogP) is 3.32. The molecule has 0 spiro atoms. The molecule has 2 atom stereocenters. The first-order chi connectivity index (χ1) is 12.0. The Hall–Kier alpha value is -1.36. The van der Waals surface area contributed by atoms with Gasteiger partial charge in [0.1, 0.15) is 0 Å². The molecule has 0 aliphatic carbocycles. The molecule has 2 aliphatic heterocycles. The van der Waals surface area contributed by atoms with Gasteiger partial charge in [-0.1, -0.05) is 0 Å². The highest BCUT2D eigenvalue weighted by atomic mass is 16.2. The van der Waals surface area contributed by atoms with E-state index >= 15 is 0 Å². The first kappa shape index (κ1) is 18.4. The second-order valence-electron chi connectivity index (χ2n) is 8.00. The third kappa shape index (κ3) is 4.63. The van der Waals surface area contributed by atoms with Gasteiger partial charge in [-0.2, -0.15) is 5.10 Å². The zero-order valence-electron chi connectivity index (χ0n) is 16.2. The van der Waals surface area contributed by atoms with E-state index in [1.807, 2.05) is 11.6 Å². The summed E-state index contributed by atoms with van der Waals surface area (Å²) >= 11 is 0. The number of carbonyl (C=O) groups is 1. The number of hydrogen-bond acceptors (Lipinski definition) is 3. The van der Waals surface area contributed by atoms with Crippen LogP contribution in [0.2, 0.25) is 0 Å². The maximum absolute atomic E-state index is 13.0. The van der Waals surface area contributed by atoms with Crippen LogP contribution in [0.25, 0.3) is 0 Å². The van der Waals surface area contributed by atoms with E-state index < -0.39 is 0 Å². The lowest BCUT2D eigenvalue weighted by molar-refractivity contribution is -0.135. The smallest absolute Gasteiger partial charge is 0.224 e. The van der Waals surface area contributed by atoms with Crippen molar-refractivity contribution in [3.63, 3.8) is 0 Å². The van der Waals surface area contributed by atoms with Gasteiger partial charge in [-0.15, -0.1) is 0 Å². The van der Waals surface area contributed by atoms with Crippen molar-refractivity contribution in [3.8, 4) is 0 Å². The molecule has 3 heterocycles. The number of likely N-dealkylation sites (tertiary alicyclic amines) is 2. The first-order valence-corrected chi connectivity index (χ1v) is 10.1. The number of hydrogen-bond donors (Lipinski definition) is 0. The standard InChI is InChI=1S/C20H34N4O/c1-16-14-17(2)24(21-16)18(3)15-20(25)23-12-5-4-8-19(23)9-13-22-10-6-7-11-22/h14,18-19H,4-13,15H2,1-3H3/t18-,19+/m1/s1. The molecule has 25 heavy (non-hydrogen) atoms. The maximum atomic E-state index is 13.0. The van der Waals surface area contributed by atoms with Gasteiger partial charge in [0.15, 0.2) is 0 Å². The van der Waals surface area contributed by atoms with Crippen LogP contribution in [0.5, 0.6) is 0 Å². The molecule has 0 radical (unpaired) electrons. The molecule has 0 bridgehead atoms. The molecular formula is C20H34N4O. The second-order valence-corrected chi connectivity index (χ2v) is 8.00. The van der Waals surface area contributed by atoms with Crippen molar-refractivity contribution < 1.29 is 4.79 Å². The molecule has 2 aliphatic rings. The second kappa shape index (κ2) is 8.35. The van der Waals surface area contributed by atoms with Crippen LogP contribution >= 0.6 is 0 Å². The van der Waals surface area contributed by atoms with Crippen molar-refractivity contribution >= 4 is 5.91 Å². The summed E-state index contributed by atoms with van der Waals surface area (Å²) < 4.78 is 2.01. The number of amides is 1. The Kier molecular flexibility index (Phi) is 6.15. The van der Waals surface area contributed by atoms with Crippen LogP contribution in [0.3, 0.4) is 0 Å². The monoisotopic (exact) mass is 346 g/mol. The van der Waals surface area contributed by atoms with Gasteiger partial charge >= 0.3 is 0 Å². The molecule has 1 amide bonds. The van der Waals surface area contributed by atoms with Crippen LogP contribution in [0.15, 0.2) is 6.07 Å². The Balaban J connectivity index is 1.57. The van der Waals surface area contributed by atoms with Crippen molar-refractivity contribution in [2.45, 2.75) is 77.8 Å². The summed E-state index contributed by atoms with van der Waals surface area (Å²) in [6, 6.07) is 2.65. The minimum atomic E-state index is 0.127. The molecule has 5 heteroatoms.